The van der Waals surface area contributed by atoms with Crippen molar-refractivity contribution in [2.45, 2.75) is 32.2 Å². The van der Waals surface area contributed by atoms with Crippen LogP contribution in [0.3, 0.4) is 0 Å². The summed E-state index contributed by atoms with van der Waals surface area (Å²) >= 11 is 0. The first kappa shape index (κ1) is 10.1. The van der Waals surface area contributed by atoms with E-state index in [1.54, 1.807) is 6.07 Å². The highest BCUT2D eigenvalue weighted by atomic mass is 19.1. The number of nitrogens with zero attached hydrogens (tertiary/aromatic N) is 1. The van der Waals surface area contributed by atoms with Gasteiger partial charge in [-0.25, -0.2) is 14.2 Å². The standard InChI is InChI=1S/C12H12FNO/c13-12-10(7-14-8-15)6-5-9-3-1-2-4-11(9)12/h5-6H,1-4,7H2. The first-order chi connectivity index (χ1) is 7.33. The fraction of sp³-hybridized carbons (Fsp3) is 0.417. The van der Waals surface area contributed by atoms with Crippen molar-refractivity contribution in [3.05, 3.63) is 34.6 Å². The van der Waals surface area contributed by atoms with E-state index >= 15 is 0 Å². The van der Waals surface area contributed by atoms with Gasteiger partial charge in [-0.15, -0.1) is 0 Å². The maximum Gasteiger partial charge on any atom is 0.235 e. The molecule has 0 N–H and O–H groups in total. The Morgan fingerprint density at radius 1 is 1.33 bits per heavy atom. The van der Waals surface area contributed by atoms with Crippen molar-refractivity contribution >= 4 is 6.08 Å². The quantitative estimate of drug-likeness (QED) is 0.539. The third kappa shape index (κ3) is 1.97. The van der Waals surface area contributed by atoms with Gasteiger partial charge in [0.2, 0.25) is 6.08 Å². The number of hydrogen-bond acceptors (Lipinski definition) is 2. The first-order valence-corrected chi connectivity index (χ1v) is 5.15. The molecule has 0 radical (unpaired) electrons. The number of fused-ring (bicyclic) bond motifs is 1. The highest BCUT2D eigenvalue weighted by Crippen LogP contribution is 2.26. The Labute approximate surface area is 87.8 Å². The lowest BCUT2D eigenvalue weighted by Crippen LogP contribution is -2.07. The average molecular weight is 205 g/mol. The summed E-state index contributed by atoms with van der Waals surface area (Å²) in [5.74, 6) is -0.175. The van der Waals surface area contributed by atoms with Crippen LogP contribution in [0.4, 0.5) is 4.39 Å². The molecule has 0 aliphatic heterocycles. The molecule has 0 unspecified atom stereocenters. The average Bonchev–Trinajstić information content (AvgIpc) is 2.29. The number of benzene rings is 1. The molecule has 0 aromatic heterocycles. The maximum atomic E-state index is 13.9. The number of rotatable bonds is 2. The van der Waals surface area contributed by atoms with E-state index in [1.807, 2.05) is 6.07 Å². The Morgan fingerprint density at radius 3 is 2.93 bits per heavy atom. The molecule has 0 atom stereocenters. The van der Waals surface area contributed by atoms with Crippen LogP contribution in [-0.4, -0.2) is 6.08 Å². The van der Waals surface area contributed by atoms with Gasteiger partial charge in [0, 0.05) is 5.56 Å². The Hall–Kier alpha value is -1.47. The first-order valence-electron chi connectivity index (χ1n) is 5.15. The molecule has 78 valence electrons. The summed E-state index contributed by atoms with van der Waals surface area (Å²) in [6.45, 7) is 0.0998. The van der Waals surface area contributed by atoms with Crippen molar-refractivity contribution in [3.63, 3.8) is 0 Å². The molecule has 0 saturated carbocycles. The molecule has 0 bridgehead atoms. The Bertz CT molecular complexity index is 422. The molecular weight excluding hydrogens is 193 g/mol. The molecule has 0 heterocycles. The van der Waals surface area contributed by atoms with Gasteiger partial charge in [-0.3, -0.25) is 0 Å². The third-order valence-electron chi connectivity index (χ3n) is 2.86. The molecular formula is C12H12FNO. The van der Waals surface area contributed by atoms with Gasteiger partial charge in [0.1, 0.15) is 5.82 Å². The lowest BCUT2D eigenvalue weighted by atomic mass is 9.90. The topological polar surface area (TPSA) is 29.4 Å². The highest BCUT2D eigenvalue weighted by Gasteiger charge is 2.15. The largest absolute Gasteiger partial charge is 0.235 e. The van der Waals surface area contributed by atoms with Crippen LogP contribution in [0.2, 0.25) is 0 Å². The minimum atomic E-state index is -0.175. The van der Waals surface area contributed by atoms with Crippen molar-refractivity contribution in [3.8, 4) is 0 Å². The van der Waals surface area contributed by atoms with Gasteiger partial charge in [0.15, 0.2) is 0 Å². The van der Waals surface area contributed by atoms with E-state index in [1.165, 1.54) is 6.08 Å². The van der Waals surface area contributed by atoms with Crippen molar-refractivity contribution in [1.82, 2.24) is 0 Å². The summed E-state index contributed by atoms with van der Waals surface area (Å²) in [4.78, 5) is 13.4. The van der Waals surface area contributed by atoms with E-state index in [0.29, 0.717) is 5.56 Å². The van der Waals surface area contributed by atoms with Crippen LogP contribution in [-0.2, 0) is 24.2 Å². The molecule has 0 amide bonds. The van der Waals surface area contributed by atoms with E-state index in [4.69, 9.17) is 0 Å². The second-order valence-electron chi connectivity index (χ2n) is 3.79. The van der Waals surface area contributed by atoms with E-state index in [9.17, 15) is 9.18 Å². The molecule has 0 fully saturated rings. The van der Waals surface area contributed by atoms with Crippen LogP contribution >= 0.6 is 0 Å². The van der Waals surface area contributed by atoms with E-state index in [-0.39, 0.29) is 12.4 Å². The highest BCUT2D eigenvalue weighted by molar-refractivity contribution is 5.38. The van der Waals surface area contributed by atoms with Gasteiger partial charge in [-0.05, 0) is 36.8 Å². The zero-order chi connectivity index (χ0) is 10.7. The SMILES string of the molecule is O=C=NCc1ccc2c(c1F)CCCC2. The molecule has 3 heteroatoms. The van der Waals surface area contributed by atoms with E-state index in [0.717, 1.165) is 36.8 Å². The molecule has 15 heavy (non-hydrogen) atoms. The molecule has 2 rings (SSSR count). The summed E-state index contributed by atoms with van der Waals surface area (Å²) < 4.78 is 13.9. The van der Waals surface area contributed by atoms with Crippen LogP contribution in [0.15, 0.2) is 17.1 Å². The molecule has 1 aliphatic rings. The Morgan fingerprint density at radius 2 is 2.13 bits per heavy atom. The second kappa shape index (κ2) is 4.37. The van der Waals surface area contributed by atoms with Crippen LogP contribution in [0, 0.1) is 5.82 Å². The lowest BCUT2D eigenvalue weighted by molar-refractivity contribution is 0.557. The normalized spacial score (nSPS) is 14.2. The van der Waals surface area contributed by atoms with Crippen molar-refractivity contribution in [1.29, 1.82) is 0 Å². The summed E-state index contributed by atoms with van der Waals surface area (Å²) in [5.41, 5.74) is 2.43. The van der Waals surface area contributed by atoms with Crippen molar-refractivity contribution in [2.75, 3.05) is 0 Å². The Balaban J connectivity index is 2.38. The van der Waals surface area contributed by atoms with Gasteiger partial charge >= 0.3 is 0 Å². The number of aliphatic imine (C=N–C) groups is 1. The fourth-order valence-electron chi connectivity index (χ4n) is 2.07. The number of hydrogen-bond donors (Lipinski definition) is 0. The van der Waals surface area contributed by atoms with Crippen LogP contribution in [0.25, 0.3) is 0 Å². The summed E-state index contributed by atoms with van der Waals surface area (Å²) in [6, 6.07) is 3.67. The van der Waals surface area contributed by atoms with Gasteiger partial charge in [-0.1, -0.05) is 12.1 Å². The van der Waals surface area contributed by atoms with Crippen LogP contribution in [0.5, 0.6) is 0 Å². The minimum absolute atomic E-state index is 0.0998. The smallest absolute Gasteiger partial charge is 0.211 e. The monoisotopic (exact) mass is 205 g/mol. The molecule has 2 nitrogen and oxygen atoms in total. The second-order valence-corrected chi connectivity index (χ2v) is 3.79. The van der Waals surface area contributed by atoms with Crippen molar-refractivity contribution < 1.29 is 9.18 Å². The fourth-order valence-corrected chi connectivity index (χ4v) is 2.07. The van der Waals surface area contributed by atoms with E-state index in [2.05, 4.69) is 4.99 Å². The zero-order valence-corrected chi connectivity index (χ0v) is 8.42. The van der Waals surface area contributed by atoms with Gasteiger partial charge in [0.25, 0.3) is 0 Å². The third-order valence-corrected chi connectivity index (χ3v) is 2.86. The number of carbonyl (C=O) groups excluding carboxylic acids is 1. The van der Waals surface area contributed by atoms with Gasteiger partial charge in [0.05, 0.1) is 6.54 Å². The maximum absolute atomic E-state index is 13.9. The summed E-state index contributed by atoms with van der Waals surface area (Å²) in [6.07, 6.45) is 5.38. The number of halogens is 1. The lowest BCUT2D eigenvalue weighted by Gasteiger charge is -2.17. The predicted molar refractivity (Wildman–Crippen MR) is 54.9 cm³/mol. The molecule has 0 saturated heterocycles. The minimum Gasteiger partial charge on any atom is -0.211 e. The molecule has 1 aromatic rings. The number of aryl methyl sites for hydroxylation is 1. The zero-order valence-electron chi connectivity index (χ0n) is 8.42. The van der Waals surface area contributed by atoms with Crippen molar-refractivity contribution in [2.24, 2.45) is 4.99 Å². The van der Waals surface area contributed by atoms with Gasteiger partial charge in [-0.2, -0.15) is 0 Å². The summed E-state index contributed by atoms with van der Waals surface area (Å²) in [5, 5.41) is 0. The van der Waals surface area contributed by atoms with Crippen LogP contribution in [0.1, 0.15) is 29.5 Å². The number of isocyanates is 1. The summed E-state index contributed by atoms with van der Waals surface area (Å²) in [7, 11) is 0. The van der Waals surface area contributed by atoms with Gasteiger partial charge < -0.3 is 0 Å². The van der Waals surface area contributed by atoms with Crippen LogP contribution < -0.4 is 0 Å². The van der Waals surface area contributed by atoms with E-state index < -0.39 is 0 Å². The molecule has 1 aromatic carbocycles. The molecule has 0 spiro atoms. The predicted octanol–water partition coefficient (Wildman–Crippen LogP) is 2.54. The molecule has 1 aliphatic carbocycles. The Kier molecular flexibility index (Phi) is 2.93.